The molecule has 1 saturated carbocycles. The smallest absolute Gasteiger partial charge is 0.178 e. The highest BCUT2D eigenvalue weighted by Crippen LogP contribution is 2.38. The topological polar surface area (TPSA) is 75.6 Å². The zero-order chi connectivity index (χ0) is 17.8. The van der Waals surface area contributed by atoms with Crippen molar-refractivity contribution in [2.45, 2.75) is 45.2 Å². The molecule has 0 amide bonds. The predicted octanol–water partition coefficient (Wildman–Crippen LogP) is 1.93. The van der Waals surface area contributed by atoms with Crippen molar-refractivity contribution < 1.29 is 4.52 Å². The van der Waals surface area contributed by atoms with Gasteiger partial charge in [0, 0.05) is 37.2 Å². The van der Waals surface area contributed by atoms with E-state index >= 15 is 0 Å². The van der Waals surface area contributed by atoms with Gasteiger partial charge in [-0.15, -0.1) is 15.3 Å². The molecule has 4 heterocycles. The summed E-state index contributed by atoms with van der Waals surface area (Å²) >= 11 is 0. The Hall–Kier alpha value is -2.48. The summed E-state index contributed by atoms with van der Waals surface area (Å²) in [6.45, 7) is 6.79. The molecule has 0 N–H and O–H groups in total. The fraction of sp³-hybridized carbons (Fsp3) is 0.556. The lowest BCUT2D eigenvalue weighted by molar-refractivity contribution is 0.195. The van der Waals surface area contributed by atoms with E-state index in [9.17, 15) is 0 Å². The molecular formula is C18H23N7O. The van der Waals surface area contributed by atoms with Crippen molar-refractivity contribution in [1.29, 1.82) is 0 Å². The molecule has 1 saturated heterocycles. The molecule has 0 radical (unpaired) electrons. The number of aromatic nitrogens is 5. The molecule has 1 aliphatic heterocycles. The van der Waals surface area contributed by atoms with Crippen LogP contribution in [0.25, 0.3) is 5.65 Å². The van der Waals surface area contributed by atoms with Gasteiger partial charge in [-0.25, -0.2) is 0 Å². The van der Waals surface area contributed by atoms with Crippen LogP contribution >= 0.6 is 0 Å². The van der Waals surface area contributed by atoms with Crippen LogP contribution in [0.15, 0.2) is 16.7 Å². The third-order valence-electron chi connectivity index (χ3n) is 5.61. The van der Waals surface area contributed by atoms with Gasteiger partial charge in [-0.2, -0.15) is 4.52 Å². The molecule has 8 heteroatoms. The average molecular weight is 353 g/mol. The van der Waals surface area contributed by atoms with Gasteiger partial charge in [-0.1, -0.05) is 5.16 Å². The zero-order valence-electron chi connectivity index (χ0n) is 15.4. The summed E-state index contributed by atoms with van der Waals surface area (Å²) in [5.74, 6) is 3.46. The Morgan fingerprint density at radius 1 is 1.19 bits per heavy atom. The van der Waals surface area contributed by atoms with Crippen LogP contribution in [-0.2, 0) is 6.54 Å². The summed E-state index contributed by atoms with van der Waals surface area (Å²) in [6.07, 6.45) is 2.40. The number of likely N-dealkylation sites (N-methyl/N-ethyl adjacent to an activating group) is 1. The van der Waals surface area contributed by atoms with E-state index < -0.39 is 0 Å². The molecule has 0 unspecified atom stereocenters. The van der Waals surface area contributed by atoms with Crippen molar-refractivity contribution in [2.24, 2.45) is 0 Å². The van der Waals surface area contributed by atoms with Crippen LogP contribution < -0.4 is 4.90 Å². The van der Waals surface area contributed by atoms with Crippen molar-refractivity contribution >= 4 is 11.5 Å². The minimum Gasteiger partial charge on any atom is -0.361 e. The van der Waals surface area contributed by atoms with Crippen molar-refractivity contribution in [1.82, 2.24) is 29.9 Å². The number of anilines is 1. The van der Waals surface area contributed by atoms with Crippen LogP contribution in [0.2, 0.25) is 0 Å². The fourth-order valence-electron chi connectivity index (χ4n) is 3.59. The Morgan fingerprint density at radius 2 is 2.00 bits per heavy atom. The molecule has 1 aliphatic carbocycles. The molecule has 2 fully saturated rings. The Bertz CT molecular complexity index is 932. The van der Waals surface area contributed by atoms with E-state index in [0.29, 0.717) is 12.0 Å². The first-order valence-electron chi connectivity index (χ1n) is 9.19. The Balaban J connectivity index is 1.27. The van der Waals surface area contributed by atoms with Crippen LogP contribution in [0, 0.1) is 13.8 Å². The van der Waals surface area contributed by atoms with E-state index in [-0.39, 0.29) is 0 Å². The molecule has 8 nitrogen and oxygen atoms in total. The molecule has 0 atom stereocenters. The monoisotopic (exact) mass is 353 g/mol. The van der Waals surface area contributed by atoms with E-state index in [4.69, 9.17) is 9.62 Å². The SMILES string of the molecule is Cc1noc(C)c1CN(C)C1CN(c2ccc3nnc(C4CC4)n3n2)C1. The standard InChI is InChI=1S/C18H23N7O/c1-11-15(12(2)26-22-11)10-23(3)14-8-24(9-14)17-7-6-16-19-20-18(13-4-5-13)25(16)21-17/h6-7,13-14H,4-5,8-10H2,1-3H3. The second-order valence-corrected chi connectivity index (χ2v) is 7.57. The van der Waals surface area contributed by atoms with Crippen LogP contribution in [0.3, 0.4) is 0 Å². The van der Waals surface area contributed by atoms with Gasteiger partial charge in [0.15, 0.2) is 11.5 Å². The molecule has 0 aromatic carbocycles. The number of nitrogens with zero attached hydrogens (tertiary/aromatic N) is 7. The van der Waals surface area contributed by atoms with Gasteiger partial charge in [0.1, 0.15) is 11.6 Å². The van der Waals surface area contributed by atoms with E-state index in [2.05, 4.69) is 32.2 Å². The number of hydrogen-bond donors (Lipinski definition) is 0. The molecule has 136 valence electrons. The minimum absolute atomic E-state index is 0.505. The third kappa shape index (κ3) is 2.56. The Morgan fingerprint density at radius 3 is 2.69 bits per heavy atom. The lowest BCUT2D eigenvalue weighted by Gasteiger charge is -2.44. The largest absolute Gasteiger partial charge is 0.361 e. The second kappa shape index (κ2) is 5.77. The number of aryl methyl sites for hydroxylation is 2. The first-order valence-corrected chi connectivity index (χ1v) is 9.19. The van der Waals surface area contributed by atoms with Gasteiger partial charge in [0.2, 0.25) is 0 Å². The summed E-state index contributed by atoms with van der Waals surface area (Å²) in [5.41, 5.74) is 3.02. The van der Waals surface area contributed by atoms with Crippen LogP contribution in [0.4, 0.5) is 5.82 Å². The number of hydrogen-bond acceptors (Lipinski definition) is 7. The maximum atomic E-state index is 5.28. The average Bonchev–Trinajstić information content (AvgIpc) is 3.27. The third-order valence-corrected chi connectivity index (χ3v) is 5.61. The highest BCUT2D eigenvalue weighted by Gasteiger charge is 2.33. The van der Waals surface area contributed by atoms with E-state index in [1.54, 1.807) is 0 Å². The lowest BCUT2D eigenvalue weighted by atomic mass is 10.1. The van der Waals surface area contributed by atoms with Crippen molar-refractivity contribution in [3.63, 3.8) is 0 Å². The van der Waals surface area contributed by atoms with Gasteiger partial charge in [-0.3, -0.25) is 4.90 Å². The number of fused-ring (bicyclic) bond motifs is 1. The molecule has 26 heavy (non-hydrogen) atoms. The summed E-state index contributed by atoms with van der Waals surface area (Å²) in [5, 5.41) is 17.4. The second-order valence-electron chi connectivity index (χ2n) is 7.57. The maximum Gasteiger partial charge on any atom is 0.178 e. The first-order chi connectivity index (χ1) is 12.6. The summed E-state index contributed by atoms with van der Waals surface area (Å²) in [4.78, 5) is 4.68. The molecule has 3 aromatic heterocycles. The Kier molecular flexibility index (Phi) is 3.49. The highest BCUT2D eigenvalue weighted by atomic mass is 16.5. The van der Waals surface area contributed by atoms with Crippen molar-refractivity contribution in [3.05, 3.63) is 35.0 Å². The van der Waals surface area contributed by atoms with Gasteiger partial charge in [-0.05, 0) is 45.9 Å². The summed E-state index contributed by atoms with van der Waals surface area (Å²) < 4.78 is 7.20. The molecule has 0 bridgehead atoms. The van der Waals surface area contributed by atoms with Gasteiger partial charge >= 0.3 is 0 Å². The summed E-state index contributed by atoms with van der Waals surface area (Å²) in [6, 6.07) is 4.57. The molecular weight excluding hydrogens is 330 g/mol. The number of rotatable bonds is 5. The normalized spacial score (nSPS) is 18.1. The maximum absolute atomic E-state index is 5.28. The highest BCUT2D eigenvalue weighted by molar-refractivity contribution is 5.48. The predicted molar refractivity (Wildman–Crippen MR) is 96.2 cm³/mol. The molecule has 5 rings (SSSR count). The Labute approximate surface area is 151 Å². The zero-order valence-corrected chi connectivity index (χ0v) is 15.4. The van der Waals surface area contributed by atoms with E-state index in [1.807, 2.05) is 30.5 Å². The molecule has 0 spiro atoms. The van der Waals surface area contributed by atoms with Crippen molar-refractivity contribution in [3.8, 4) is 0 Å². The molecule has 3 aromatic rings. The van der Waals surface area contributed by atoms with Gasteiger partial charge in [0.25, 0.3) is 0 Å². The lowest BCUT2D eigenvalue weighted by Crippen LogP contribution is -2.58. The van der Waals surface area contributed by atoms with Gasteiger partial charge < -0.3 is 9.42 Å². The van der Waals surface area contributed by atoms with Crippen molar-refractivity contribution in [2.75, 3.05) is 25.0 Å². The molecule has 2 aliphatic rings. The van der Waals surface area contributed by atoms with Crippen LogP contribution in [0.1, 0.15) is 41.6 Å². The quantitative estimate of drug-likeness (QED) is 0.694. The minimum atomic E-state index is 0.505. The van der Waals surface area contributed by atoms with Crippen LogP contribution in [-0.4, -0.2) is 56.0 Å². The van der Waals surface area contributed by atoms with Gasteiger partial charge in [0.05, 0.1) is 5.69 Å². The van der Waals surface area contributed by atoms with Crippen LogP contribution in [0.5, 0.6) is 0 Å². The summed E-state index contributed by atoms with van der Waals surface area (Å²) in [7, 11) is 2.16. The first kappa shape index (κ1) is 15.7. The van der Waals surface area contributed by atoms with E-state index in [0.717, 1.165) is 48.4 Å². The fourth-order valence-corrected chi connectivity index (χ4v) is 3.59. The van der Waals surface area contributed by atoms with E-state index in [1.165, 1.54) is 18.4 Å².